The molecule has 0 atom stereocenters. The van der Waals surface area contributed by atoms with Gasteiger partial charge in [-0.05, 0) is 75.3 Å². The number of hydrogen-bond acceptors (Lipinski definition) is 4. The molecule has 5 aromatic rings. The third-order valence-electron chi connectivity index (χ3n) is 5.41. The molecule has 160 valence electrons. The van der Waals surface area contributed by atoms with Crippen LogP contribution in [0.3, 0.4) is 0 Å². The van der Waals surface area contributed by atoms with E-state index in [0.29, 0.717) is 22.4 Å². The smallest absolute Gasteiger partial charge is 0.268 e. The Balaban J connectivity index is 1.72. The van der Waals surface area contributed by atoms with Crippen molar-refractivity contribution in [2.24, 2.45) is 0 Å². The van der Waals surface area contributed by atoms with E-state index in [9.17, 15) is 14.9 Å². The highest BCUT2D eigenvalue weighted by molar-refractivity contribution is 14.1. The predicted octanol–water partition coefficient (Wildman–Crippen LogP) is 6.22. The van der Waals surface area contributed by atoms with Crippen LogP contribution in [0.15, 0.2) is 89.7 Å². The summed E-state index contributed by atoms with van der Waals surface area (Å²) in [5.74, 6) is 0.440. The molecule has 0 aliphatic carbocycles. The van der Waals surface area contributed by atoms with Gasteiger partial charge >= 0.3 is 0 Å². The third-order valence-corrected chi connectivity index (χ3v) is 6.08. The van der Waals surface area contributed by atoms with Gasteiger partial charge in [0.25, 0.3) is 11.2 Å². The number of halogens is 1. The summed E-state index contributed by atoms with van der Waals surface area (Å²) in [6, 6.07) is 25.6. The number of aromatic nitrogens is 2. The van der Waals surface area contributed by atoms with Gasteiger partial charge in [-0.25, -0.2) is 4.98 Å². The summed E-state index contributed by atoms with van der Waals surface area (Å²) in [7, 11) is 0. The molecule has 4 aromatic carbocycles. The third kappa shape index (κ3) is 4.03. The Kier molecular flexibility index (Phi) is 5.47. The van der Waals surface area contributed by atoms with Crippen LogP contribution in [0.4, 0.5) is 5.69 Å². The number of benzene rings is 4. The summed E-state index contributed by atoms with van der Waals surface area (Å²) >= 11 is 2.16. The lowest BCUT2D eigenvalue weighted by Gasteiger charge is -2.12. The van der Waals surface area contributed by atoms with Crippen LogP contribution < -0.4 is 5.56 Å². The standard InChI is InChI=1S/C26H16IN3O3/c27-19-9-14-24-23(16-19)26(31)29(20-10-12-21(13-11-20)30(32)33)25(28-24)15-8-18-6-3-5-17-4-1-2-7-22(17)18/h1-16H/b15-8+. The number of nitro groups is 1. The first-order chi connectivity index (χ1) is 16.0. The molecule has 0 aliphatic heterocycles. The maximum Gasteiger partial charge on any atom is 0.269 e. The number of nitrogens with zero attached hydrogens (tertiary/aromatic N) is 3. The van der Waals surface area contributed by atoms with Crippen molar-refractivity contribution in [2.75, 3.05) is 0 Å². The number of nitro benzene ring substituents is 1. The zero-order valence-corrected chi connectivity index (χ0v) is 19.3. The first-order valence-corrected chi connectivity index (χ1v) is 11.2. The van der Waals surface area contributed by atoms with Gasteiger partial charge < -0.3 is 0 Å². The van der Waals surface area contributed by atoms with Crippen LogP contribution in [0.25, 0.3) is 39.5 Å². The maximum absolute atomic E-state index is 13.5. The highest BCUT2D eigenvalue weighted by Gasteiger charge is 2.13. The van der Waals surface area contributed by atoms with Crippen molar-refractivity contribution in [1.82, 2.24) is 9.55 Å². The van der Waals surface area contributed by atoms with Gasteiger partial charge in [-0.3, -0.25) is 19.5 Å². The molecule has 0 fully saturated rings. The highest BCUT2D eigenvalue weighted by Crippen LogP contribution is 2.22. The zero-order chi connectivity index (χ0) is 22.9. The Morgan fingerprint density at radius 2 is 1.64 bits per heavy atom. The zero-order valence-electron chi connectivity index (χ0n) is 17.2. The molecule has 1 aromatic heterocycles. The van der Waals surface area contributed by atoms with E-state index >= 15 is 0 Å². The predicted molar refractivity (Wildman–Crippen MR) is 140 cm³/mol. The molecule has 0 saturated carbocycles. The van der Waals surface area contributed by atoms with Crippen molar-refractivity contribution >= 4 is 62.1 Å². The summed E-state index contributed by atoms with van der Waals surface area (Å²) in [5.41, 5.74) is 1.83. The number of fused-ring (bicyclic) bond motifs is 2. The summed E-state index contributed by atoms with van der Waals surface area (Å²) < 4.78 is 2.41. The molecule has 0 aliphatic rings. The second-order valence-electron chi connectivity index (χ2n) is 7.45. The average molecular weight is 545 g/mol. The van der Waals surface area contributed by atoms with Gasteiger partial charge in [-0.2, -0.15) is 0 Å². The first kappa shape index (κ1) is 21.0. The second kappa shape index (κ2) is 8.59. The molecule has 0 radical (unpaired) electrons. The molecule has 1 heterocycles. The van der Waals surface area contributed by atoms with E-state index in [1.807, 2.05) is 54.6 Å². The molecule has 0 unspecified atom stereocenters. The molecule has 5 rings (SSSR count). The quantitative estimate of drug-likeness (QED) is 0.153. The molecule has 6 nitrogen and oxygen atoms in total. The normalized spacial score (nSPS) is 11.4. The monoisotopic (exact) mass is 545 g/mol. The molecule has 0 spiro atoms. The van der Waals surface area contributed by atoms with E-state index in [4.69, 9.17) is 4.98 Å². The van der Waals surface area contributed by atoms with Crippen LogP contribution in [0.2, 0.25) is 0 Å². The number of rotatable bonds is 4. The van der Waals surface area contributed by atoms with Gasteiger partial charge in [0.15, 0.2) is 0 Å². The minimum absolute atomic E-state index is 0.0389. The van der Waals surface area contributed by atoms with Gasteiger partial charge in [-0.15, -0.1) is 0 Å². The van der Waals surface area contributed by atoms with E-state index in [0.717, 1.165) is 19.9 Å². The van der Waals surface area contributed by atoms with Gasteiger partial charge in [0.1, 0.15) is 5.82 Å². The molecule has 0 amide bonds. The molecule has 0 saturated heterocycles. The van der Waals surface area contributed by atoms with Gasteiger partial charge in [0.05, 0.1) is 21.5 Å². The van der Waals surface area contributed by atoms with Crippen molar-refractivity contribution in [3.8, 4) is 5.69 Å². The van der Waals surface area contributed by atoms with Crippen molar-refractivity contribution in [1.29, 1.82) is 0 Å². The second-order valence-corrected chi connectivity index (χ2v) is 8.69. The van der Waals surface area contributed by atoms with Crippen LogP contribution in [0.1, 0.15) is 11.4 Å². The van der Waals surface area contributed by atoms with E-state index in [-0.39, 0.29) is 11.2 Å². The van der Waals surface area contributed by atoms with E-state index in [1.54, 1.807) is 18.2 Å². The maximum atomic E-state index is 13.5. The summed E-state index contributed by atoms with van der Waals surface area (Å²) in [6.45, 7) is 0. The van der Waals surface area contributed by atoms with E-state index in [2.05, 4.69) is 34.7 Å². The Bertz CT molecular complexity index is 1620. The van der Waals surface area contributed by atoms with Crippen LogP contribution >= 0.6 is 22.6 Å². The fourth-order valence-electron chi connectivity index (χ4n) is 3.82. The van der Waals surface area contributed by atoms with Crippen molar-refractivity contribution in [3.63, 3.8) is 0 Å². The Morgan fingerprint density at radius 1 is 0.879 bits per heavy atom. The number of hydrogen-bond donors (Lipinski definition) is 0. The van der Waals surface area contributed by atoms with Crippen LogP contribution in [0, 0.1) is 13.7 Å². The van der Waals surface area contributed by atoms with E-state index < -0.39 is 4.92 Å². The number of non-ortho nitro benzene ring substituents is 1. The molecule has 33 heavy (non-hydrogen) atoms. The first-order valence-electron chi connectivity index (χ1n) is 10.1. The largest absolute Gasteiger partial charge is 0.269 e. The van der Waals surface area contributed by atoms with Crippen molar-refractivity contribution < 1.29 is 4.92 Å². The van der Waals surface area contributed by atoms with E-state index in [1.165, 1.54) is 16.7 Å². The lowest BCUT2D eigenvalue weighted by molar-refractivity contribution is -0.384. The molecule has 7 heteroatoms. The topological polar surface area (TPSA) is 78.0 Å². The molecule has 0 N–H and O–H groups in total. The fourth-order valence-corrected chi connectivity index (χ4v) is 4.31. The molecular weight excluding hydrogens is 529 g/mol. The van der Waals surface area contributed by atoms with Gasteiger partial charge in [0.2, 0.25) is 0 Å². The molecule has 0 bridgehead atoms. The van der Waals surface area contributed by atoms with Gasteiger partial charge in [0, 0.05) is 15.7 Å². The van der Waals surface area contributed by atoms with Gasteiger partial charge in [-0.1, -0.05) is 48.5 Å². The summed E-state index contributed by atoms with van der Waals surface area (Å²) in [5, 5.41) is 13.8. The fraction of sp³-hybridized carbons (Fsp3) is 0. The molecular formula is C26H16IN3O3. The van der Waals surface area contributed by atoms with Crippen molar-refractivity contribution in [3.05, 3.63) is 120 Å². The SMILES string of the molecule is O=c1c2cc(I)ccc2nc(/C=C/c2cccc3ccccc23)n1-c1ccc([N+](=O)[O-])cc1. The Hall–Kier alpha value is -3.85. The minimum Gasteiger partial charge on any atom is -0.268 e. The minimum atomic E-state index is -0.463. The Morgan fingerprint density at radius 3 is 2.42 bits per heavy atom. The van der Waals surface area contributed by atoms with Crippen LogP contribution in [-0.2, 0) is 0 Å². The highest BCUT2D eigenvalue weighted by atomic mass is 127. The van der Waals surface area contributed by atoms with Crippen LogP contribution in [0.5, 0.6) is 0 Å². The summed E-state index contributed by atoms with van der Waals surface area (Å²) in [4.78, 5) is 28.9. The van der Waals surface area contributed by atoms with Crippen LogP contribution in [-0.4, -0.2) is 14.5 Å². The van der Waals surface area contributed by atoms with Crippen molar-refractivity contribution in [2.45, 2.75) is 0 Å². The lowest BCUT2D eigenvalue weighted by Crippen LogP contribution is -2.22. The lowest BCUT2D eigenvalue weighted by atomic mass is 10.0. The average Bonchev–Trinajstić information content (AvgIpc) is 2.83. The Labute approximate surface area is 202 Å². The summed E-state index contributed by atoms with van der Waals surface area (Å²) in [6.07, 6.45) is 3.74.